The van der Waals surface area contributed by atoms with Crippen LogP contribution in [0, 0.1) is 18.2 Å². The molecule has 0 radical (unpaired) electrons. The van der Waals surface area contributed by atoms with E-state index in [1.165, 1.54) is 24.0 Å². The van der Waals surface area contributed by atoms with Crippen molar-refractivity contribution >= 4 is 0 Å². The van der Waals surface area contributed by atoms with Crippen LogP contribution < -0.4 is 0 Å². The standard InChI is InChI=1S/C22H25FN4O/c1-17-10-19(4-7-21(17)27-16-24-15-25-27)12-26-9-8-22(13-26,14-28)11-18-2-5-20(23)6-3-18/h2-7,10,15-16,28H,8-9,11-14H2,1H3. The molecule has 2 aromatic carbocycles. The van der Waals surface area contributed by atoms with E-state index in [-0.39, 0.29) is 17.8 Å². The Morgan fingerprint density at radius 1 is 1.14 bits per heavy atom. The lowest BCUT2D eigenvalue weighted by molar-refractivity contribution is 0.127. The molecule has 0 spiro atoms. The highest BCUT2D eigenvalue weighted by Crippen LogP contribution is 2.34. The zero-order valence-electron chi connectivity index (χ0n) is 16.1. The minimum absolute atomic E-state index is 0.144. The molecule has 2 heterocycles. The largest absolute Gasteiger partial charge is 0.396 e. The van der Waals surface area contributed by atoms with Gasteiger partial charge >= 0.3 is 0 Å². The van der Waals surface area contributed by atoms with E-state index in [0.717, 1.165) is 49.3 Å². The lowest BCUT2D eigenvalue weighted by atomic mass is 9.81. The van der Waals surface area contributed by atoms with Crippen LogP contribution in [0.4, 0.5) is 4.39 Å². The van der Waals surface area contributed by atoms with Gasteiger partial charge in [0.2, 0.25) is 0 Å². The maximum Gasteiger partial charge on any atom is 0.138 e. The van der Waals surface area contributed by atoms with Crippen LogP contribution in [0.3, 0.4) is 0 Å². The van der Waals surface area contributed by atoms with Gasteiger partial charge in [-0.15, -0.1) is 0 Å². The van der Waals surface area contributed by atoms with Crippen LogP contribution in [-0.4, -0.2) is 44.5 Å². The minimum atomic E-state index is -0.223. The second-order valence-corrected chi connectivity index (χ2v) is 7.88. The molecule has 5 nitrogen and oxygen atoms in total. The normalized spacial score (nSPS) is 20.0. The molecule has 0 amide bonds. The minimum Gasteiger partial charge on any atom is -0.396 e. The summed E-state index contributed by atoms with van der Waals surface area (Å²) in [6.07, 6.45) is 4.95. The van der Waals surface area contributed by atoms with E-state index in [0.29, 0.717) is 0 Å². The third kappa shape index (κ3) is 3.98. The highest BCUT2D eigenvalue weighted by molar-refractivity contribution is 5.41. The maximum atomic E-state index is 13.2. The number of aryl methyl sites for hydroxylation is 1. The number of halogens is 1. The summed E-state index contributed by atoms with van der Waals surface area (Å²) in [7, 11) is 0. The first-order chi connectivity index (χ1) is 13.6. The van der Waals surface area contributed by atoms with E-state index < -0.39 is 0 Å². The molecule has 1 aliphatic rings. The summed E-state index contributed by atoms with van der Waals surface area (Å²) in [5.74, 6) is -0.223. The summed E-state index contributed by atoms with van der Waals surface area (Å²) in [5.41, 5.74) is 4.35. The van der Waals surface area contributed by atoms with Crippen LogP contribution in [0.5, 0.6) is 0 Å². The van der Waals surface area contributed by atoms with Gasteiger partial charge in [-0.2, -0.15) is 5.10 Å². The first-order valence-electron chi connectivity index (χ1n) is 9.59. The Labute approximate surface area is 164 Å². The third-order valence-corrected chi connectivity index (χ3v) is 5.68. The van der Waals surface area contributed by atoms with Gasteiger partial charge in [0.1, 0.15) is 18.5 Å². The van der Waals surface area contributed by atoms with Gasteiger partial charge in [0.25, 0.3) is 0 Å². The number of hydrogen-bond acceptors (Lipinski definition) is 4. The zero-order chi connectivity index (χ0) is 19.6. The van der Waals surface area contributed by atoms with E-state index in [1.54, 1.807) is 11.0 Å². The van der Waals surface area contributed by atoms with Crippen LogP contribution in [0.1, 0.15) is 23.1 Å². The molecule has 0 saturated carbocycles. The molecular weight excluding hydrogens is 355 g/mol. The number of aliphatic hydroxyl groups is 1. The number of hydrogen-bond donors (Lipinski definition) is 1. The molecule has 0 aliphatic carbocycles. The fraction of sp³-hybridized carbons (Fsp3) is 0.364. The van der Waals surface area contributed by atoms with Crippen molar-refractivity contribution in [2.24, 2.45) is 5.41 Å². The number of benzene rings is 2. The molecule has 146 valence electrons. The van der Waals surface area contributed by atoms with Crippen molar-refractivity contribution in [1.29, 1.82) is 0 Å². The first kappa shape index (κ1) is 18.8. The summed E-state index contributed by atoms with van der Waals surface area (Å²) in [6.45, 7) is 4.86. The van der Waals surface area contributed by atoms with Crippen molar-refractivity contribution < 1.29 is 9.50 Å². The number of aromatic nitrogens is 3. The molecule has 4 rings (SSSR count). The lowest BCUT2D eigenvalue weighted by Crippen LogP contribution is -2.32. The van der Waals surface area contributed by atoms with E-state index in [2.05, 4.69) is 40.1 Å². The predicted molar refractivity (Wildman–Crippen MR) is 106 cm³/mol. The molecule has 1 fully saturated rings. The van der Waals surface area contributed by atoms with Crippen molar-refractivity contribution in [3.05, 3.63) is 77.6 Å². The molecule has 1 aromatic heterocycles. The Bertz CT molecular complexity index is 926. The molecule has 1 aliphatic heterocycles. The SMILES string of the molecule is Cc1cc(CN2CCC(CO)(Cc3ccc(F)cc3)C2)ccc1-n1cncn1. The smallest absolute Gasteiger partial charge is 0.138 e. The summed E-state index contributed by atoms with van der Waals surface area (Å²) < 4.78 is 14.9. The van der Waals surface area contributed by atoms with Gasteiger partial charge < -0.3 is 5.11 Å². The molecule has 1 unspecified atom stereocenters. The summed E-state index contributed by atoms with van der Waals surface area (Å²) in [5, 5.41) is 14.3. The van der Waals surface area contributed by atoms with Crippen LogP contribution in [0.25, 0.3) is 5.69 Å². The monoisotopic (exact) mass is 380 g/mol. The summed E-state index contributed by atoms with van der Waals surface area (Å²) >= 11 is 0. The third-order valence-electron chi connectivity index (χ3n) is 5.68. The molecule has 3 aromatic rings. The van der Waals surface area contributed by atoms with Gasteiger partial charge in [-0.25, -0.2) is 14.1 Å². The van der Waals surface area contributed by atoms with E-state index in [1.807, 2.05) is 12.1 Å². The van der Waals surface area contributed by atoms with Crippen LogP contribution >= 0.6 is 0 Å². The van der Waals surface area contributed by atoms with Gasteiger partial charge in [0.05, 0.1) is 12.3 Å². The quantitative estimate of drug-likeness (QED) is 0.714. The molecule has 1 N–H and O–H groups in total. The number of nitrogens with zero attached hydrogens (tertiary/aromatic N) is 4. The topological polar surface area (TPSA) is 54.2 Å². The van der Waals surface area contributed by atoms with E-state index in [4.69, 9.17) is 0 Å². The van der Waals surface area contributed by atoms with Gasteiger partial charge in [-0.05, 0) is 61.2 Å². The molecule has 1 atom stereocenters. The van der Waals surface area contributed by atoms with Crippen molar-refractivity contribution in [2.75, 3.05) is 19.7 Å². The van der Waals surface area contributed by atoms with Crippen LogP contribution in [0.15, 0.2) is 55.1 Å². The van der Waals surface area contributed by atoms with Crippen molar-refractivity contribution in [1.82, 2.24) is 19.7 Å². The Balaban J connectivity index is 1.43. The van der Waals surface area contributed by atoms with Crippen molar-refractivity contribution in [3.63, 3.8) is 0 Å². The fourth-order valence-corrected chi connectivity index (χ4v) is 4.19. The summed E-state index contributed by atoms with van der Waals surface area (Å²) in [4.78, 5) is 6.40. The Kier molecular flexibility index (Phi) is 5.24. The fourth-order valence-electron chi connectivity index (χ4n) is 4.19. The molecule has 0 bridgehead atoms. The van der Waals surface area contributed by atoms with Gasteiger partial charge in [0, 0.05) is 18.5 Å². The average molecular weight is 380 g/mol. The average Bonchev–Trinajstić information content (AvgIpc) is 3.35. The van der Waals surface area contributed by atoms with Crippen LogP contribution in [0.2, 0.25) is 0 Å². The second-order valence-electron chi connectivity index (χ2n) is 7.88. The number of rotatable bonds is 6. The maximum absolute atomic E-state index is 13.2. The Morgan fingerprint density at radius 3 is 2.61 bits per heavy atom. The highest BCUT2D eigenvalue weighted by Gasteiger charge is 2.37. The number of aliphatic hydroxyl groups excluding tert-OH is 1. The van der Waals surface area contributed by atoms with Crippen LogP contribution in [-0.2, 0) is 13.0 Å². The van der Waals surface area contributed by atoms with Gasteiger partial charge in [-0.3, -0.25) is 4.90 Å². The van der Waals surface area contributed by atoms with Crippen molar-refractivity contribution in [3.8, 4) is 5.69 Å². The zero-order valence-corrected chi connectivity index (χ0v) is 16.1. The molecular formula is C22H25FN4O. The predicted octanol–water partition coefficient (Wildman–Crippen LogP) is 3.14. The highest BCUT2D eigenvalue weighted by atomic mass is 19.1. The molecule has 28 heavy (non-hydrogen) atoms. The first-order valence-corrected chi connectivity index (χ1v) is 9.59. The van der Waals surface area contributed by atoms with E-state index in [9.17, 15) is 9.50 Å². The number of likely N-dealkylation sites (tertiary alicyclic amines) is 1. The second kappa shape index (κ2) is 7.81. The molecule has 6 heteroatoms. The summed E-state index contributed by atoms with van der Waals surface area (Å²) in [6, 6.07) is 13.0. The Morgan fingerprint density at radius 2 is 1.93 bits per heavy atom. The van der Waals surface area contributed by atoms with Gasteiger partial charge in [0.15, 0.2) is 0 Å². The lowest BCUT2D eigenvalue weighted by Gasteiger charge is -2.27. The van der Waals surface area contributed by atoms with E-state index >= 15 is 0 Å². The Hall–Kier alpha value is -2.57. The molecule has 1 saturated heterocycles. The van der Waals surface area contributed by atoms with Gasteiger partial charge in [-0.1, -0.05) is 24.3 Å². The van der Waals surface area contributed by atoms with Crippen molar-refractivity contribution in [2.45, 2.75) is 26.3 Å².